The van der Waals surface area contributed by atoms with Crippen LogP contribution in [0.15, 0.2) is 91.3 Å². The average Bonchev–Trinajstić information content (AvgIpc) is 3.33. The van der Waals surface area contributed by atoms with E-state index in [4.69, 9.17) is 15.0 Å². The first kappa shape index (κ1) is 29.3. The molecule has 3 aromatic carbocycles. The van der Waals surface area contributed by atoms with Gasteiger partial charge < -0.3 is 9.67 Å². The van der Waals surface area contributed by atoms with Gasteiger partial charge in [0.15, 0.2) is 0 Å². The molecule has 44 heavy (non-hydrogen) atoms. The SMILES string of the molecule is Cc1cnc(-c2cccc(-c3nccc4c3nc(-c3cc(C(C)(C)C)cc(C(C)(C)C)c3O)n4C)c2)cc1-c1ccccc1. The summed E-state index contributed by atoms with van der Waals surface area (Å²) in [6.45, 7) is 15.1. The molecule has 5 nitrogen and oxygen atoms in total. The summed E-state index contributed by atoms with van der Waals surface area (Å²) in [6, 6.07) is 27.1. The van der Waals surface area contributed by atoms with Gasteiger partial charge in [0.25, 0.3) is 0 Å². The summed E-state index contributed by atoms with van der Waals surface area (Å²) in [5, 5.41) is 11.6. The van der Waals surface area contributed by atoms with Crippen molar-refractivity contribution in [2.45, 2.75) is 59.3 Å². The van der Waals surface area contributed by atoms with E-state index in [2.05, 4.69) is 114 Å². The van der Waals surface area contributed by atoms with Crippen molar-refractivity contribution in [2.75, 3.05) is 0 Å². The minimum Gasteiger partial charge on any atom is -0.507 e. The van der Waals surface area contributed by atoms with Crippen LogP contribution in [0, 0.1) is 6.92 Å². The van der Waals surface area contributed by atoms with E-state index in [1.165, 1.54) is 11.1 Å². The first-order valence-corrected chi connectivity index (χ1v) is 15.2. The topological polar surface area (TPSA) is 63.8 Å². The number of phenols is 1. The molecule has 0 saturated heterocycles. The van der Waals surface area contributed by atoms with Gasteiger partial charge in [-0.15, -0.1) is 0 Å². The van der Waals surface area contributed by atoms with Crippen LogP contribution in [0.5, 0.6) is 5.75 Å². The van der Waals surface area contributed by atoms with Gasteiger partial charge in [0.2, 0.25) is 0 Å². The van der Waals surface area contributed by atoms with Gasteiger partial charge in [-0.2, -0.15) is 0 Å². The van der Waals surface area contributed by atoms with E-state index in [0.29, 0.717) is 5.82 Å². The van der Waals surface area contributed by atoms with E-state index >= 15 is 0 Å². The van der Waals surface area contributed by atoms with E-state index in [-0.39, 0.29) is 16.6 Å². The molecule has 0 aliphatic heterocycles. The maximum absolute atomic E-state index is 11.6. The standard InChI is InChI=1S/C39H40N4O/c1-24-23-41-32(22-29(24)25-13-10-9-11-14-25)26-15-12-16-27(19-26)34-35-33(17-18-40-34)43(8)37(42-35)30-20-28(38(2,3)4)21-31(36(30)44)39(5,6)7/h9-23,44H,1-8H3. The summed E-state index contributed by atoms with van der Waals surface area (Å²) >= 11 is 0. The highest BCUT2D eigenvalue weighted by Crippen LogP contribution is 2.43. The number of fused-ring (bicyclic) bond motifs is 1. The van der Waals surface area contributed by atoms with Crippen LogP contribution in [0.25, 0.3) is 56.1 Å². The zero-order valence-corrected chi connectivity index (χ0v) is 26.9. The lowest BCUT2D eigenvalue weighted by Crippen LogP contribution is -2.17. The summed E-state index contributed by atoms with van der Waals surface area (Å²) in [6.07, 6.45) is 3.78. The number of pyridine rings is 2. The molecule has 3 aromatic heterocycles. The highest BCUT2D eigenvalue weighted by atomic mass is 16.3. The van der Waals surface area contributed by atoms with E-state index < -0.39 is 0 Å². The predicted molar refractivity (Wildman–Crippen MR) is 182 cm³/mol. The van der Waals surface area contributed by atoms with Gasteiger partial charge in [0.1, 0.15) is 17.1 Å². The fourth-order valence-corrected chi connectivity index (χ4v) is 5.82. The molecule has 6 aromatic rings. The van der Waals surface area contributed by atoms with E-state index in [1.807, 2.05) is 37.6 Å². The number of nitrogens with zero attached hydrogens (tertiary/aromatic N) is 4. The number of phenolic OH excluding ortho intramolecular Hbond substituents is 1. The summed E-state index contributed by atoms with van der Waals surface area (Å²) in [7, 11) is 2.01. The van der Waals surface area contributed by atoms with E-state index in [1.54, 1.807) is 0 Å². The molecule has 3 heterocycles. The minimum absolute atomic E-state index is 0.0927. The van der Waals surface area contributed by atoms with Crippen LogP contribution in [0.3, 0.4) is 0 Å². The lowest BCUT2D eigenvalue weighted by atomic mass is 9.79. The number of hydrogen-bond donors (Lipinski definition) is 1. The quantitative estimate of drug-likeness (QED) is 0.225. The maximum Gasteiger partial charge on any atom is 0.144 e. The van der Waals surface area contributed by atoms with Gasteiger partial charge in [-0.25, -0.2) is 4.98 Å². The molecule has 0 spiro atoms. The molecule has 0 unspecified atom stereocenters. The Morgan fingerprint density at radius 3 is 2.11 bits per heavy atom. The number of aromatic hydroxyl groups is 1. The van der Waals surface area contributed by atoms with Crippen LogP contribution in [-0.2, 0) is 17.9 Å². The Labute approximate surface area is 260 Å². The monoisotopic (exact) mass is 580 g/mol. The van der Waals surface area contributed by atoms with Gasteiger partial charge >= 0.3 is 0 Å². The average molecular weight is 581 g/mol. The summed E-state index contributed by atoms with van der Waals surface area (Å²) in [5.41, 5.74) is 11.4. The van der Waals surface area contributed by atoms with Gasteiger partial charge in [-0.1, -0.05) is 96.1 Å². The summed E-state index contributed by atoms with van der Waals surface area (Å²) in [4.78, 5) is 14.8. The van der Waals surface area contributed by atoms with Crippen molar-refractivity contribution in [3.63, 3.8) is 0 Å². The Morgan fingerprint density at radius 1 is 0.705 bits per heavy atom. The van der Waals surface area contributed by atoms with Crippen molar-refractivity contribution in [1.82, 2.24) is 19.5 Å². The van der Waals surface area contributed by atoms with Gasteiger partial charge in [0.05, 0.1) is 22.5 Å². The van der Waals surface area contributed by atoms with Crippen LogP contribution in [0.4, 0.5) is 0 Å². The predicted octanol–water partition coefficient (Wildman–Crippen LogP) is 9.64. The largest absolute Gasteiger partial charge is 0.507 e. The van der Waals surface area contributed by atoms with Crippen molar-refractivity contribution in [2.24, 2.45) is 7.05 Å². The third-order valence-electron chi connectivity index (χ3n) is 8.44. The van der Waals surface area contributed by atoms with Crippen LogP contribution < -0.4 is 0 Å². The molecule has 0 bridgehead atoms. The fourth-order valence-electron chi connectivity index (χ4n) is 5.82. The molecule has 222 valence electrons. The lowest BCUT2D eigenvalue weighted by molar-refractivity contribution is 0.446. The Hall–Kier alpha value is -4.77. The fraction of sp³-hybridized carbons (Fsp3) is 0.256. The van der Waals surface area contributed by atoms with Gasteiger partial charge in [-0.3, -0.25) is 9.97 Å². The van der Waals surface area contributed by atoms with Gasteiger partial charge in [-0.05, 0) is 64.3 Å². The van der Waals surface area contributed by atoms with Crippen LogP contribution >= 0.6 is 0 Å². The molecule has 0 amide bonds. The third kappa shape index (κ3) is 5.28. The third-order valence-corrected chi connectivity index (χ3v) is 8.44. The second-order valence-electron chi connectivity index (χ2n) is 13.8. The lowest BCUT2D eigenvalue weighted by Gasteiger charge is -2.27. The molecule has 0 fully saturated rings. The van der Waals surface area contributed by atoms with Gasteiger partial charge in [0, 0.05) is 36.1 Å². The first-order valence-electron chi connectivity index (χ1n) is 15.2. The molecule has 5 heteroatoms. The second kappa shape index (κ2) is 10.7. The van der Waals surface area contributed by atoms with Crippen LogP contribution in [0.2, 0.25) is 0 Å². The minimum atomic E-state index is -0.234. The Morgan fingerprint density at radius 2 is 1.41 bits per heavy atom. The molecule has 1 N–H and O–H groups in total. The smallest absolute Gasteiger partial charge is 0.144 e. The number of aryl methyl sites for hydroxylation is 2. The molecule has 6 rings (SSSR count). The molecule has 0 atom stereocenters. The Kier molecular flexibility index (Phi) is 7.16. The number of imidazole rings is 1. The highest BCUT2D eigenvalue weighted by Gasteiger charge is 2.27. The molecular formula is C39H40N4O. The number of rotatable bonds is 4. The molecular weight excluding hydrogens is 540 g/mol. The number of hydrogen-bond acceptors (Lipinski definition) is 4. The van der Waals surface area contributed by atoms with Crippen molar-refractivity contribution < 1.29 is 5.11 Å². The van der Waals surface area contributed by atoms with Crippen molar-refractivity contribution in [3.8, 4) is 50.8 Å². The summed E-state index contributed by atoms with van der Waals surface area (Å²) in [5.74, 6) is 0.993. The first-order chi connectivity index (χ1) is 20.8. The number of benzene rings is 3. The number of aromatic nitrogens is 4. The maximum atomic E-state index is 11.6. The van der Waals surface area contributed by atoms with Crippen molar-refractivity contribution in [1.29, 1.82) is 0 Å². The van der Waals surface area contributed by atoms with E-state index in [0.717, 1.165) is 55.8 Å². The normalized spacial score (nSPS) is 12.2. The second-order valence-corrected chi connectivity index (χ2v) is 13.8. The molecule has 0 aliphatic rings. The Bertz CT molecular complexity index is 2010. The van der Waals surface area contributed by atoms with Crippen molar-refractivity contribution in [3.05, 3.63) is 108 Å². The van der Waals surface area contributed by atoms with E-state index in [9.17, 15) is 5.11 Å². The highest BCUT2D eigenvalue weighted by molar-refractivity contribution is 5.93. The van der Waals surface area contributed by atoms with Crippen LogP contribution in [-0.4, -0.2) is 24.6 Å². The Balaban J connectivity index is 1.49. The zero-order chi connectivity index (χ0) is 31.4. The molecule has 0 saturated carbocycles. The molecule has 0 aliphatic carbocycles. The van der Waals surface area contributed by atoms with Crippen LogP contribution in [0.1, 0.15) is 58.2 Å². The zero-order valence-electron chi connectivity index (χ0n) is 26.9. The molecule has 0 radical (unpaired) electrons. The summed E-state index contributed by atoms with van der Waals surface area (Å²) < 4.78 is 2.06. The van der Waals surface area contributed by atoms with Crippen molar-refractivity contribution >= 4 is 11.0 Å².